The number of hydrogen-bond acceptors (Lipinski definition) is 12. The van der Waals surface area contributed by atoms with E-state index in [4.69, 9.17) is 30.5 Å². The average molecular weight is 650 g/mol. The molecular weight excluding hydrogens is 602 g/mol. The summed E-state index contributed by atoms with van der Waals surface area (Å²) in [5.41, 5.74) is 6.36. The fourth-order valence-corrected chi connectivity index (χ4v) is 5.38. The number of amides is 1. The molecule has 0 aliphatic carbocycles. The Morgan fingerprint density at radius 1 is 1.19 bits per heavy atom. The van der Waals surface area contributed by atoms with Crippen LogP contribution in [-0.4, -0.2) is 105 Å². The first-order chi connectivity index (χ1) is 22.4. The Bertz CT molecular complexity index is 1530. The molecule has 0 saturated carbocycles. The Balaban J connectivity index is 1.35. The molecule has 47 heavy (non-hydrogen) atoms. The molecule has 2 unspecified atom stereocenters. The third kappa shape index (κ3) is 9.57. The van der Waals surface area contributed by atoms with Crippen molar-refractivity contribution in [3.63, 3.8) is 0 Å². The number of hydrazone groups is 1. The highest BCUT2D eigenvalue weighted by Crippen LogP contribution is 2.25. The number of aliphatic hydroxyl groups is 1. The minimum absolute atomic E-state index is 0.0273. The van der Waals surface area contributed by atoms with E-state index >= 15 is 0 Å². The topological polar surface area (TPSA) is 190 Å². The van der Waals surface area contributed by atoms with Gasteiger partial charge in [0.15, 0.2) is 6.29 Å². The first kappa shape index (κ1) is 35.9. The van der Waals surface area contributed by atoms with Gasteiger partial charge in [0.2, 0.25) is 0 Å². The number of ether oxygens (including phenoxy) is 4. The van der Waals surface area contributed by atoms with Crippen molar-refractivity contribution < 1.29 is 28.8 Å². The van der Waals surface area contributed by atoms with Crippen molar-refractivity contribution in [2.75, 3.05) is 51.5 Å². The molecule has 254 valence electrons. The van der Waals surface area contributed by atoms with E-state index in [0.717, 1.165) is 48.3 Å². The van der Waals surface area contributed by atoms with Gasteiger partial charge < -0.3 is 45.8 Å². The van der Waals surface area contributed by atoms with Gasteiger partial charge in [-0.25, -0.2) is 0 Å². The Labute approximate surface area is 276 Å². The molecule has 2 aliphatic heterocycles. The maximum atomic E-state index is 13.2. The molecule has 2 aromatic rings. The number of anilines is 1. The molecule has 0 bridgehead atoms. The van der Waals surface area contributed by atoms with E-state index in [-0.39, 0.29) is 18.7 Å². The van der Waals surface area contributed by atoms with E-state index in [1.54, 1.807) is 33.8 Å². The maximum Gasteiger partial charge on any atom is 0.262 e. The fourth-order valence-electron chi connectivity index (χ4n) is 5.38. The number of rotatable bonds is 12. The van der Waals surface area contributed by atoms with Crippen LogP contribution in [0.3, 0.4) is 0 Å². The Morgan fingerprint density at radius 3 is 2.57 bits per heavy atom. The van der Waals surface area contributed by atoms with Gasteiger partial charge >= 0.3 is 0 Å². The third-order valence-corrected chi connectivity index (χ3v) is 8.27. The molecule has 2 fully saturated rings. The lowest BCUT2D eigenvalue weighted by atomic mass is 9.99. The number of hydrogen-bond donors (Lipinski definition) is 4. The van der Waals surface area contributed by atoms with Crippen LogP contribution in [0.5, 0.6) is 0 Å². The second-order valence-electron chi connectivity index (χ2n) is 12.9. The maximum absolute atomic E-state index is 13.2. The zero-order chi connectivity index (χ0) is 34.2. The summed E-state index contributed by atoms with van der Waals surface area (Å²) in [7, 11) is 1.52. The van der Waals surface area contributed by atoms with Gasteiger partial charge in [0.1, 0.15) is 29.1 Å². The van der Waals surface area contributed by atoms with Crippen molar-refractivity contribution in [1.29, 1.82) is 5.26 Å². The standard InChI is InChI=1S/C34H47N7O6/c1-33(2,21-46-34(3,4)29(40-37)20-38-19-28-31(42)27(36)17-30(44-5)47-28)39-32(43)25(18-35)15-22-6-7-24-16-26(9-8-23(24)14-22)41-10-12-45-13-11-41/h6-9,14-16,20,27-28,30-31,42H,10-13,17,19,21,36-37H2,1-5H3,(H,39,43)/b25-15+,38-20?,40-29+/t27?,28?,30-,31-/m0/s1. The number of carbonyl (C=O) groups excluding carboxylic acids is 1. The summed E-state index contributed by atoms with van der Waals surface area (Å²) in [5, 5.41) is 29.1. The quantitative estimate of drug-likeness (QED) is 0.0871. The lowest BCUT2D eigenvalue weighted by molar-refractivity contribution is -0.213. The van der Waals surface area contributed by atoms with Gasteiger partial charge in [0.05, 0.1) is 38.0 Å². The Morgan fingerprint density at radius 2 is 1.89 bits per heavy atom. The van der Waals surface area contributed by atoms with Crippen molar-refractivity contribution >= 4 is 40.4 Å². The largest absolute Gasteiger partial charge is 0.389 e. The van der Waals surface area contributed by atoms with Gasteiger partial charge in [-0.15, -0.1) is 0 Å². The number of benzene rings is 2. The van der Waals surface area contributed by atoms with E-state index in [0.29, 0.717) is 12.1 Å². The normalized spacial score (nSPS) is 23.2. The number of nitrogens with two attached hydrogens (primary N) is 2. The predicted octanol–water partition coefficient (Wildman–Crippen LogP) is 2.11. The summed E-state index contributed by atoms with van der Waals surface area (Å²) in [6, 6.07) is 13.7. The second-order valence-corrected chi connectivity index (χ2v) is 12.9. The number of nitrogens with one attached hydrogen (secondary N) is 1. The van der Waals surface area contributed by atoms with Crippen molar-refractivity contribution in [1.82, 2.24) is 5.32 Å². The summed E-state index contributed by atoms with van der Waals surface area (Å²) >= 11 is 0. The molecule has 2 aromatic carbocycles. The summed E-state index contributed by atoms with van der Waals surface area (Å²) in [4.78, 5) is 19.9. The van der Waals surface area contributed by atoms with Crippen LogP contribution in [0.2, 0.25) is 0 Å². The van der Waals surface area contributed by atoms with Crippen molar-refractivity contribution in [2.45, 2.75) is 69.8 Å². The average Bonchev–Trinajstić information content (AvgIpc) is 3.06. The summed E-state index contributed by atoms with van der Waals surface area (Å²) in [6.07, 6.45) is 1.36. The number of aliphatic hydroxyl groups excluding tert-OH is 1. The monoisotopic (exact) mass is 649 g/mol. The molecule has 13 heteroatoms. The van der Waals surface area contributed by atoms with Gasteiger partial charge in [-0.1, -0.05) is 18.2 Å². The molecule has 0 spiro atoms. The molecule has 1 amide bonds. The second kappa shape index (κ2) is 15.8. The van der Waals surface area contributed by atoms with Crippen LogP contribution in [-0.2, 0) is 23.7 Å². The highest BCUT2D eigenvalue weighted by Gasteiger charge is 2.36. The first-order valence-electron chi connectivity index (χ1n) is 15.7. The van der Waals surface area contributed by atoms with E-state index in [1.165, 1.54) is 13.3 Å². The Hall–Kier alpha value is -3.90. The SMILES string of the molecule is CO[C@@H]1CC(N)[C@H](O)C(CN=C/C(=N\N)C(C)(C)OCC(C)(C)NC(=O)/C(C#N)=C/c2ccc3cc(N4CCOCC4)ccc3c2)O1. The minimum atomic E-state index is -0.988. The molecule has 2 heterocycles. The lowest BCUT2D eigenvalue weighted by Crippen LogP contribution is -2.53. The zero-order valence-electron chi connectivity index (χ0n) is 27.8. The Kier molecular flexibility index (Phi) is 12.1. The molecule has 13 nitrogen and oxygen atoms in total. The minimum Gasteiger partial charge on any atom is -0.389 e. The number of nitriles is 1. The molecule has 4 rings (SSSR count). The summed E-state index contributed by atoms with van der Waals surface area (Å²) in [5.74, 6) is 5.16. The van der Waals surface area contributed by atoms with E-state index in [9.17, 15) is 15.2 Å². The van der Waals surface area contributed by atoms with Crippen LogP contribution >= 0.6 is 0 Å². The number of aliphatic imine (C=N–C) groups is 1. The molecule has 4 atom stereocenters. The number of nitrogens with zero attached hydrogens (tertiary/aromatic N) is 4. The number of methoxy groups -OCH3 is 1. The fraction of sp³-hybridized carbons (Fsp3) is 0.529. The van der Waals surface area contributed by atoms with E-state index < -0.39 is 41.6 Å². The number of carbonyl (C=O) groups is 1. The molecule has 6 N–H and O–H groups in total. The molecule has 0 aromatic heterocycles. The van der Waals surface area contributed by atoms with Gasteiger partial charge in [-0.05, 0) is 68.3 Å². The zero-order valence-corrected chi connectivity index (χ0v) is 27.8. The van der Waals surface area contributed by atoms with Crippen LogP contribution in [0.4, 0.5) is 5.69 Å². The summed E-state index contributed by atoms with van der Waals surface area (Å²) < 4.78 is 22.6. The van der Waals surface area contributed by atoms with E-state index in [2.05, 4.69) is 38.5 Å². The van der Waals surface area contributed by atoms with Gasteiger partial charge in [-0.2, -0.15) is 10.4 Å². The first-order valence-corrected chi connectivity index (χ1v) is 15.7. The van der Waals surface area contributed by atoms with Gasteiger partial charge in [0.25, 0.3) is 5.91 Å². The third-order valence-electron chi connectivity index (χ3n) is 8.27. The van der Waals surface area contributed by atoms with Crippen LogP contribution in [0.25, 0.3) is 16.8 Å². The summed E-state index contributed by atoms with van der Waals surface area (Å²) in [6.45, 7) is 10.5. The molecular formula is C34H47N7O6. The van der Waals surface area contributed by atoms with E-state index in [1.807, 2.05) is 24.3 Å². The van der Waals surface area contributed by atoms with Crippen LogP contribution in [0, 0.1) is 11.3 Å². The highest BCUT2D eigenvalue weighted by molar-refractivity contribution is 6.34. The van der Waals surface area contributed by atoms with Crippen LogP contribution in [0.15, 0.2) is 52.1 Å². The molecule has 0 radical (unpaired) electrons. The number of fused-ring (bicyclic) bond motifs is 1. The molecule has 2 aliphatic rings. The number of morpholine rings is 1. The predicted molar refractivity (Wildman–Crippen MR) is 182 cm³/mol. The highest BCUT2D eigenvalue weighted by atomic mass is 16.7. The van der Waals surface area contributed by atoms with Crippen LogP contribution < -0.4 is 21.8 Å². The van der Waals surface area contributed by atoms with Crippen molar-refractivity contribution in [2.24, 2.45) is 21.7 Å². The lowest BCUT2D eigenvalue weighted by Gasteiger charge is -2.36. The van der Waals surface area contributed by atoms with Crippen LogP contribution in [0.1, 0.15) is 39.7 Å². The smallest absolute Gasteiger partial charge is 0.262 e. The van der Waals surface area contributed by atoms with Gasteiger partial charge in [0, 0.05) is 44.6 Å². The van der Waals surface area contributed by atoms with Crippen molar-refractivity contribution in [3.05, 3.63) is 47.5 Å². The van der Waals surface area contributed by atoms with Crippen molar-refractivity contribution in [3.8, 4) is 6.07 Å². The van der Waals surface area contributed by atoms with Gasteiger partial charge in [-0.3, -0.25) is 9.79 Å². The molecule has 2 saturated heterocycles.